The number of amides is 2. The number of esters is 1. The molecule has 1 aromatic carbocycles. The highest BCUT2D eigenvalue weighted by molar-refractivity contribution is 7.80. The molecule has 26 heavy (non-hydrogen) atoms. The predicted molar refractivity (Wildman–Crippen MR) is 104 cm³/mol. The summed E-state index contributed by atoms with van der Waals surface area (Å²) in [7, 11) is 3.46. The zero-order valence-electron chi connectivity index (χ0n) is 15.1. The number of anilines is 1. The molecule has 0 aromatic heterocycles. The van der Waals surface area contributed by atoms with Crippen molar-refractivity contribution in [2.75, 3.05) is 26.0 Å². The van der Waals surface area contributed by atoms with Gasteiger partial charge in [0, 0.05) is 38.4 Å². The average molecular weight is 377 g/mol. The van der Waals surface area contributed by atoms with E-state index < -0.39 is 11.9 Å². The first kappa shape index (κ1) is 21.3. The molecule has 0 aliphatic carbocycles. The lowest BCUT2D eigenvalue weighted by atomic mass is 10.1. The maximum atomic E-state index is 11.6. The summed E-state index contributed by atoms with van der Waals surface area (Å²) in [4.78, 5) is 35.9. The van der Waals surface area contributed by atoms with E-state index in [1.807, 2.05) is 24.3 Å². The molecule has 8 heteroatoms. The van der Waals surface area contributed by atoms with Gasteiger partial charge in [0.15, 0.2) is 5.11 Å². The minimum atomic E-state index is -0.593. The van der Waals surface area contributed by atoms with Crippen molar-refractivity contribution >= 4 is 40.8 Å². The summed E-state index contributed by atoms with van der Waals surface area (Å²) in [6.45, 7) is 1.92. The Hall–Kier alpha value is -2.74. The summed E-state index contributed by atoms with van der Waals surface area (Å²) in [5.74, 6) is -1.05. The molecule has 0 unspecified atom stereocenters. The molecule has 1 rings (SSSR count). The number of hydrogen-bond donors (Lipinski definition) is 2. The van der Waals surface area contributed by atoms with Crippen molar-refractivity contribution in [1.82, 2.24) is 10.2 Å². The maximum Gasteiger partial charge on any atom is 0.330 e. The first-order chi connectivity index (χ1) is 12.3. The number of benzene rings is 1. The standard InChI is InChI=1S/C18H23N3O4S/c1-4-25-17(24)12-10-15(22)20-18(26)19-14-8-5-13(6-9-14)7-11-16(23)21(2)3/h5-6,8-10,12H,4,7,11H2,1-3H3,(H2,19,20,22,26)/b12-10+. The van der Waals surface area contributed by atoms with Gasteiger partial charge in [-0.05, 0) is 43.3 Å². The summed E-state index contributed by atoms with van der Waals surface area (Å²) >= 11 is 5.05. The molecule has 0 aliphatic heterocycles. The van der Waals surface area contributed by atoms with E-state index in [0.717, 1.165) is 17.7 Å². The largest absolute Gasteiger partial charge is 0.463 e. The number of thiocarbonyl (C=S) groups is 1. The van der Waals surface area contributed by atoms with E-state index >= 15 is 0 Å². The number of carbonyl (C=O) groups is 3. The van der Waals surface area contributed by atoms with Crippen molar-refractivity contribution < 1.29 is 19.1 Å². The zero-order valence-corrected chi connectivity index (χ0v) is 15.9. The Morgan fingerprint density at radius 3 is 2.38 bits per heavy atom. The quantitative estimate of drug-likeness (QED) is 0.427. The third-order valence-corrected chi connectivity index (χ3v) is 3.44. The molecule has 1 aromatic rings. The van der Waals surface area contributed by atoms with Gasteiger partial charge in [0.1, 0.15) is 0 Å². The van der Waals surface area contributed by atoms with Crippen LogP contribution in [0.2, 0.25) is 0 Å². The van der Waals surface area contributed by atoms with Crippen LogP contribution in [0.15, 0.2) is 36.4 Å². The van der Waals surface area contributed by atoms with Crippen LogP contribution in [0.3, 0.4) is 0 Å². The van der Waals surface area contributed by atoms with E-state index in [9.17, 15) is 14.4 Å². The van der Waals surface area contributed by atoms with E-state index in [1.165, 1.54) is 0 Å². The van der Waals surface area contributed by atoms with Gasteiger partial charge in [-0.15, -0.1) is 0 Å². The zero-order chi connectivity index (χ0) is 19.5. The normalized spacial score (nSPS) is 10.3. The van der Waals surface area contributed by atoms with Gasteiger partial charge in [0.05, 0.1) is 6.61 Å². The molecule has 140 valence electrons. The Labute approximate surface area is 158 Å². The second-order valence-corrected chi connectivity index (χ2v) is 5.92. The van der Waals surface area contributed by atoms with Crippen LogP contribution in [0.5, 0.6) is 0 Å². The molecule has 0 aliphatic rings. The molecule has 0 saturated heterocycles. The molecular formula is C18H23N3O4S. The summed E-state index contributed by atoms with van der Waals surface area (Å²) < 4.78 is 4.67. The number of nitrogens with one attached hydrogen (secondary N) is 2. The fourth-order valence-electron chi connectivity index (χ4n) is 1.88. The van der Waals surface area contributed by atoms with Crippen molar-refractivity contribution in [1.29, 1.82) is 0 Å². The molecule has 0 spiro atoms. The van der Waals surface area contributed by atoms with Crippen molar-refractivity contribution in [3.05, 3.63) is 42.0 Å². The highest BCUT2D eigenvalue weighted by Crippen LogP contribution is 2.11. The first-order valence-corrected chi connectivity index (χ1v) is 8.48. The minimum absolute atomic E-state index is 0.0759. The van der Waals surface area contributed by atoms with Crippen LogP contribution in [-0.2, 0) is 25.5 Å². The van der Waals surface area contributed by atoms with Gasteiger partial charge in [-0.2, -0.15) is 0 Å². The Morgan fingerprint density at radius 2 is 1.81 bits per heavy atom. The number of carbonyl (C=O) groups excluding carboxylic acids is 3. The maximum absolute atomic E-state index is 11.6. The van der Waals surface area contributed by atoms with Crippen LogP contribution in [0, 0.1) is 0 Å². The molecular weight excluding hydrogens is 354 g/mol. The Morgan fingerprint density at radius 1 is 1.15 bits per heavy atom. The summed E-state index contributed by atoms with van der Waals surface area (Å²) in [6.07, 6.45) is 3.18. The molecule has 2 amide bonds. The smallest absolute Gasteiger partial charge is 0.330 e. The number of hydrogen-bond acceptors (Lipinski definition) is 5. The molecule has 0 heterocycles. The molecule has 0 bridgehead atoms. The van der Waals surface area contributed by atoms with Crippen LogP contribution >= 0.6 is 12.2 Å². The van der Waals surface area contributed by atoms with Crippen LogP contribution in [-0.4, -0.2) is 48.5 Å². The van der Waals surface area contributed by atoms with Gasteiger partial charge in [-0.25, -0.2) is 4.79 Å². The van der Waals surface area contributed by atoms with E-state index in [1.54, 1.807) is 25.9 Å². The Balaban J connectivity index is 2.46. The second kappa shape index (κ2) is 11.0. The van der Waals surface area contributed by atoms with Crippen molar-refractivity contribution in [3.63, 3.8) is 0 Å². The van der Waals surface area contributed by atoms with E-state index in [0.29, 0.717) is 18.5 Å². The SMILES string of the molecule is CCOC(=O)/C=C/C(=O)NC(=S)Nc1ccc(CCC(=O)N(C)C)cc1. The van der Waals surface area contributed by atoms with Crippen molar-refractivity contribution in [2.24, 2.45) is 0 Å². The summed E-state index contributed by atoms with van der Waals surface area (Å²) in [5, 5.41) is 5.41. The van der Waals surface area contributed by atoms with Crippen LogP contribution < -0.4 is 10.6 Å². The number of ether oxygens (including phenoxy) is 1. The average Bonchev–Trinajstić information content (AvgIpc) is 2.59. The van der Waals surface area contributed by atoms with Gasteiger partial charge in [-0.1, -0.05) is 12.1 Å². The first-order valence-electron chi connectivity index (χ1n) is 8.07. The van der Waals surface area contributed by atoms with Crippen LogP contribution in [0.25, 0.3) is 0 Å². The fourth-order valence-corrected chi connectivity index (χ4v) is 2.10. The molecule has 2 N–H and O–H groups in total. The second-order valence-electron chi connectivity index (χ2n) is 5.51. The highest BCUT2D eigenvalue weighted by atomic mass is 32.1. The van der Waals surface area contributed by atoms with E-state index in [4.69, 9.17) is 12.2 Å². The predicted octanol–water partition coefficient (Wildman–Crippen LogP) is 1.64. The number of nitrogens with zero attached hydrogens (tertiary/aromatic N) is 1. The van der Waals surface area contributed by atoms with Gasteiger partial charge in [0.25, 0.3) is 0 Å². The minimum Gasteiger partial charge on any atom is -0.463 e. The number of rotatable bonds is 7. The summed E-state index contributed by atoms with van der Waals surface area (Å²) in [5.41, 5.74) is 1.73. The van der Waals surface area contributed by atoms with Gasteiger partial charge in [-0.3, -0.25) is 14.9 Å². The van der Waals surface area contributed by atoms with Crippen molar-refractivity contribution in [3.8, 4) is 0 Å². The van der Waals surface area contributed by atoms with E-state index in [-0.39, 0.29) is 17.6 Å². The topological polar surface area (TPSA) is 87.7 Å². The molecule has 0 fully saturated rings. The fraction of sp³-hybridized carbons (Fsp3) is 0.333. The highest BCUT2D eigenvalue weighted by Gasteiger charge is 2.06. The molecule has 7 nitrogen and oxygen atoms in total. The lowest BCUT2D eigenvalue weighted by Crippen LogP contribution is -2.33. The molecule has 0 atom stereocenters. The lowest BCUT2D eigenvalue weighted by molar-refractivity contribution is -0.137. The molecule has 0 saturated carbocycles. The number of aryl methyl sites for hydroxylation is 1. The van der Waals surface area contributed by atoms with Crippen molar-refractivity contribution in [2.45, 2.75) is 19.8 Å². The van der Waals surface area contributed by atoms with Gasteiger partial charge >= 0.3 is 5.97 Å². The van der Waals surface area contributed by atoms with Crippen LogP contribution in [0.1, 0.15) is 18.9 Å². The Bertz CT molecular complexity index is 684. The Kier molecular flexibility index (Phi) is 9.00. The third-order valence-electron chi connectivity index (χ3n) is 3.23. The van der Waals surface area contributed by atoms with E-state index in [2.05, 4.69) is 15.4 Å². The monoisotopic (exact) mass is 377 g/mol. The summed E-state index contributed by atoms with van der Waals surface area (Å²) in [6, 6.07) is 7.39. The lowest BCUT2D eigenvalue weighted by Gasteiger charge is -2.11. The van der Waals surface area contributed by atoms with Gasteiger partial charge in [0.2, 0.25) is 11.8 Å². The van der Waals surface area contributed by atoms with Crippen LogP contribution in [0.4, 0.5) is 5.69 Å². The van der Waals surface area contributed by atoms with Gasteiger partial charge < -0.3 is 15.0 Å². The third kappa shape index (κ3) is 8.39. The molecule has 0 radical (unpaired) electrons.